The second-order valence-electron chi connectivity index (χ2n) is 4.19. The van der Waals surface area contributed by atoms with Crippen LogP contribution < -0.4 is 5.32 Å². The van der Waals surface area contributed by atoms with E-state index in [1.54, 1.807) is 0 Å². The molecule has 1 aromatic heterocycles. The van der Waals surface area contributed by atoms with Gasteiger partial charge in [-0.15, -0.1) is 0 Å². The third-order valence-corrected chi connectivity index (χ3v) is 2.79. The summed E-state index contributed by atoms with van der Waals surface area (Å²) < 4.78 is 5.49. The van der Waals surface area contributed by atoms with Crippen molar-refractivity contribution in [3.05, 3.63) is 17.0 Å². The van der Waals surface area contributed by atoms with E-state index in [2.05, 4.69) is 20.2 Å². The molecule has 0 aromatic carbocycles. The highest BCUT2D eigenvalue weighted by molar-refractivity contribution is 6.30. The standard InChI is InChI=1S/C12H21ClN4O/c1-4-10-11(13)15-9-16-12(10)14-5-7-18-8-6-17(2)3/h9H,4-8H2,1-3H3,(H,14,15,16). The van der Waals surface area contributed by atoms with Crippen LogP contribution in [0.1, 0.15) is 12.5 Å². The molecule has 0 aliphatic heterocycles. The monoisotopic (exact) mass is 272 g/mol. The Morgan fingerprint density at radius 1 is 1.33 bits per heavy atom. The highest BCUT2D eigenvalue weighted by Gasteiger charge is 2.06. The lowest BCUT2D eigenvalue weighted by Crippen LogP contribution is -2.20. The summed E-state index contributed by atoms with van der Waals surface area (Å²) in [5.74, 6) is 0.800. The quantitative estimate of drug-likeness (QED) is 0.576. The molecule has 0 atom stereocenters. The van der Waals surface area contributed by atoms with Crippen molar-refractivity contribution in [3.8, 4) is 0 Å². The SMILES string of the molecule is CCc1c(Cl)ncnc1NCCOCCN(C)C. The van der Waals surface area contributed by atoms with Crippen molar-refractivity contribution in [2.75, 3.05) is 45.7 Å². The van der Waals surface area contributed by atoms with Crippen LogP contribution in [-0.4, -0.2) is 55.3 Å². The third kappa shape index (κ3) is 5.16. The smallest absolute Gasteiger partial charge is 0.137 e. The number of likely N-dealkylation sites (N-methyl/N-ethyl adjacent to an activating group) is 1. The second-order valence-corrected chi connectivity index (χ2v) is 4.55. The number of aromatic nitrogens is 2. The van der Waals surface area contributed by atoms with Crippen molar-refractivity contribution in [2.45, 2.75) is 13.3 Å². The van der Waals surface area contributed by atoms with Crippen molar-refractivity contribution < 1.29 is 4.74 Å². The topological polar surface area (TPSA) is 50.3 Å². The van der Waals surface area contributed by atoms with Gasteiger partial charge >= 0.3 is 0 Å². The number of nitrogens with one attached hydrogen (secondary N) is 1. The van der Waals surface area contributed by atoms with Gasteiger partial charge in [0, 0.05) is 18.7 Å². The summed E-state index contributed by atoms with van der Waals surface area (Å²) in [6.07, 6.45) is 2.28. The molecule has 0 spiro atoms. The van der Waals surface area contributed by atoms with E-state index in [4.69, 9.17) is 16.3 Å². The van der Waals surface area contributed by atoms with Crippen molar-refractivity contribution in [1.29, 1.82) is 0 Å². The predicted molar refractivity (Wildman–Crippen MR) is 74.3 cm³/mol. The Balaban J connectivity index is 2.29. The maximum absolute atomic E-state index is 6.00. The molecule has 1 rings (SSSR count). The van der Waals surface area contributed by atoms with E-state index in [-0.39, 0.29) is 0 Å². The van der Waals surface area contributed by atoms with Crippen LogP contribution in [0.4, 0.5) is 5.82 Å². The van der Waals surface area contributed by atoms with E-state index in [0.717, 1.165) is 31.0 Å². The number of nitrogens with zero attached hydrogens (tertiary/aromatic N) is 3. The zero-order valence-corrected chi connectivity index (χ0v) is 12.0. The second kappa shape index (κ2) is 8.24. The normalized spacial score (nSPS) is 10.9. The van der Waals surface area contributed by atoms with Crippen LogP contribution in [0.2, 0.25) is 5.15 Å². The zero-order valence-electron chi connectivity index (χ0n) is 11.2. The molecule has 0 fully saturated rings. The Morgan fingerprint density at radius 3 is 2.78 bits per heavy atom. The minimum atomic E-state index is 0.517. The summed E-state index contributed by atoms with van der Waals surface area (Å²) >= 11 is 6.00. The van der Waals surface area contributed by atoms with Gasteiger partial charge in [0.25, 0.3) is 0 Å². The zero-order chi connectivity index (χ0) is 13.4. The first-order valence-electron chi connectivity index (χ1n) is 6.10. The Bertz CT molecular complexity index is 360. The highest BCUT2D eigenvalue weighted by atomic mass is 35.5. The van der Waals surface area contributed by atoms with E-state index >= 15 is 0 Å². The molecular weight excluding hydrogens is 252 g/mol. The van der Waals surface area contributed by atoms with Crippen molar-refractivity contribution in [3.63, 3.8) is 0 Å². The van der Waals surface area contributed by atoms with Gasteiger partial charge in [-0.05, 0) is 20.5 Å². The van der Waals surface area contributed by atoms with Crippen molar-refractivity contribution in [1.82, 2.24) is 14.9 Å². The average Bonchev–Trinajstić information content (AvgIpc) is 2.33. The van der Waals surface area contributed by atoms with Gasteiger partial charge in [-0.25, -0.2) is 9.97 Å². The summed E-state index contributed by atoms with van der Waals surface area (Å²) in [6.45, 7) is 5.06. The molecule has 0 radical (unpaired) electrons. The molecule has 0 aliphatic carbocycles. The first kappa shape index (κ1) is 15.1. The molecule has 18 heavy (non-hydrogen) atoms. The Morgan fingerprint density at radius 2 is 2.11 bits per heavy atom. The molecule has 0 aliphatic rings. The minimum absolute atomic E-state index is 0.517. The predicted octanol–water partition coefficient (Wildman–Crippen LogP) is 1.68. The number of halogens is 1. The fourth-order valence-corrected chi connectivity index (χ4v) is 1.71. The molecule has 0 amide bonds. The van der Waals surface area contributed by atoms with Crippen LogP contribution >= 0.6 is 11.6 Å². The highest BCUT2D eigenvalue weighted by Crippen LogP contribution is 2.19. The third-order valence-electron chi connectivity index (χ3n) is 2.47. The molecule has 0 bridgehead atoms. The fourth-order valence-electron chi connectivity index (χ4n) is 1.45. The number of anilines is 1. The van der Waals surface area contributed by atoms with Crippen molar-refractivity contribution >= 4 is 17.4 Å². The Kier molecular flexibility index (Phi) is 6.93. The molecule has 6 heteroatoms. The lowest BCUT2D eigenvalue weighted by molar-refractivity contribution is 0.126. The van der Waals surface area contributed by atoms with Crippen LogP contribution in [0.25, 0.3) is 0 Å². The molecule has 5 nitrogen and oxygen atoms in total. The van der Waals surface area contributed by atoms with Crippen molar-refractivity contribution in [2.24, 2.45) is 0 Å². The maximum atomic E-state index is 6.00. The Labute approximate surface area is 114 Å². The van der Waals surface area contributed by atoms with Crippen LogP contribution in [0.5, 0.6) is 0 Å². The minimum Gasteiger partial charge on any atom is -0.378 e. The van der Waals surface area contributed by atoms with Gasteiger partial charge in [0.05, 0.1) is 13.2 Å². The van der Waals surface area contributed by atoms with Crippen LogP contribution in [0.3, 0.4) is 0 Å². The van der Waals surface area contributed by atoms with Crippen LogP contribution in [0.15, 0.2) is 6.33 Å². The van der Waals surface area contributed by atoms with Gasteiger partial charge in [0.15, 0.2) is 0 Å². The van der Waals surface area contributed by atoms with Gasteiger partial charge in [-0.1, -0.05) is 18.5 Å². The maximum Gasteiger partial charge on any atom is 0.137 e. The molecular formula is C12H21ClN4O. The summed E-state index contributed by atoms with van der Waals surface area (Å²) in [4.78, 5) is 10.2. The molecule has 0 saturated heterocycles. The van der Waals surface area contributed by atoms with Crippen LogP contribution in [0, 0.1) is 0 Å². The van der Waals surface area contributed by atoms with Gasteiger partial charge in [0.1, 0.15) is 17.3 Å². The molecule has 1 aromatic rings. The van der Waals surface area contributed by atoms with E-state index < -0.39 is 0 Å². The molecule has 102 valence electrons. The lowest BCUT2D eigenvalue weighted by Gasteiger charge is -2.12. The summed E-state index contributed by atoms with van der Waals surface area (Å²) in [6, 6.07) is 0. The summed E-state index contributed by atoms with van der Waals surface area (Å²) in [5, 5.41) is 3.74. The van der Waals surface area contributed by atoms with E-state index in [0.29, 0.717) is 18.3 Å². The summed E-state index contributed by atoms with van der Waals surface area (Å²) in [7, 11) is 4.05. The molecule has 0 unspecified atom stereocenters. The van der Waals surface area contributed by atoms with Gasteiger partial charge in [-0.3, -0.25) is 0 Å². The number of ether oxygens (including phenoxy) is 1. The van der Waals surface area contributed by atoms with E-state index in [1.165, 1.54) is 6.33 Å². The first-order valence-corrected chi connectivity index (χ1v) is 6.48. The largest absolute Gasteiger partial charge is 0.378 e. The number of rotatable bonds is 8. The molecule has 1 N–H and O–H groups in total. The fraction of sp³-hybridized carbons (Fsp3) is 0.667. The van der Waals surface area contributed by atoms with Gasteiger partial charge in [0.2, 0.25) is 0 Å². The first-order chi connectivity index (χ1) is 8.65. The van der Waals surface area contributed by atoms with E-state index in [9.17, 15) is 0 Å². The van der Waals surface area contributed by atoms with E-state index in [1.807, 2.05) is 21.0 Å². The summed E-state index contributed by atoms with van der Waals surface area (Å²) in [5.41, 5.74) is 0.951. The lowest BCUT2D eigenvalue weighted by atomic mass is 10.2. The number of hydrogen-bond acceptors (Lipinski definition) is 5. The van der Waals surface area contributed by atoms with Gasteiger partial charge < -0.3 is 15.0 Å². The number of hydrogen-bond donors (Lipinski definition) is 1. The molecule has 1 heterocycles. The molecule has 0 saturated carbocycles. The van der Waals surface area contributed by atoms with Gasteiger partial charge in [-0.2, -0.15) is 0 Å². The van der Waals surface area contributed by atoms with Crippen LogP contribution in [-0.2, 0) is 11.2 Å². The average molecular weight is 273 g/mol. The Hall–Kier alpha value is -0.910.